The van der Waals surface area contributed by atoms with Gasteiger partial charge in [0.1, 0.15) is 11.6 Å². The molecule has 3 N–H and O–H groups in total. The van der Waals surface area contributed by atoms with Gasteiger partial charge >= 0.3 is 0 Å². The molecule has 2 aromatic rings. The van der Waals surface area contributed by atoms with Gasteiger partial charge in [-0.05, 0) is 30.3 Å². The molecule has 0 saturated heterocycles. The lowest BCUT2D eigenvalue weighted by Crippen LogP contribution is -2.17. The van der Waals surface area contributed by atoms with Gasteiger partial charge in [0, 0.05) is 18.7 Å². The number of ether oxygens (including phenoxy) is 1. The molecular formula is C17H21N3O. The van der Waals surface area contributed by atoms with Crippen molar-refractivity contribution in [3.63, 3.8) is 0 Å². The molecule has 110 valence electrons. The van der Waals surface area contributed by atoms with E-state index in [2.05, 4.69) is 24.1 Å². The number of nitrogens with zero attached hydrogens (tertiary/aromatic N) is 1. The van der Waals surface area contributed by atoms with Crippen molar-refractivity contribution in [1.29, 1.82) is 5.41 Å². The first kappa shape index (κ1) is 15.1. The van der Waals surface area contributed by atoms with Crippen LogP contribution in [-0.2, 0) is 13.1 Å². The van der Waals surface area contributed by atoms with Gasteiger partial charge in [-0.15, -0.1) is 0 Å². The van der Waals surface area contributed by atoms with E-state index in [9.17, 15) is 0 Å². The van der Waals surface area contributed by atoms with Gasteiger partial charge in [0.25, 0.3) is 0 Å². The summed E-state index contributed by atoms with van der Waals surface area (Å²) >= 11 is 0. The predicted molar refractivity (Wildman–Crippen MR) is 85.6 cm³/mol. The largest absolute Gasteiger partial charge is 0.497 e. The minimum Gasteiger partial charge on any atom is -0.497 e. The maximum Gasteiger partial charge on any atom is 0.122 e. The molecule has 0 bridgehead atoms. The normalized spacial score (nSPS) is 10.6. The fraction of sp³-hybridized carbons (Fsp3) is 0.235. The summed E-state index contributed by atoms with van der Waals surface area (Å²) in [6.45, 7) is 1.70. The zero-order valence-electron chi connectivity index (χ0n) is 12.5. The highest BCUT2D eigenvalue weighted by Gasteiger charge is 2.04. The van der Waals surface area contributed by atoms with E-state index >= 15 is 0 Å². The van der Waals surface area contributed by atoms with Crippen molar-refractivity contribution in [2.75, 3.05) is 14.2 Å². The molecule has 0 spiro atoms. The van der Waals surface area contributed by atoms with E-state index in [1.54, 1.807) is 7.11 Å². The molecule has 0 amide bonds. The van der Waals surface area contributed by atoms with E-state index in [0.717, 1.165) is 24.4 Å². The van der Waals surface area contributed by atoms with Crippen molar-refractivity contribution in [3.05, 3.63) is 65.2 Å². The van der Waals surface area contributed by atoms with Gasteiger partial charge in [0.05, 0.1) is 7.11 Å². The predicted octanol–water partition coefficient (Wildman–Crippen LogP) is 2.61. The third-order valence-electron chi connectivity index (χ3n) is 3.30. The van der Waals surface area contributed by atoms with E-state index in [0.29, 0.717) is 0 Å². The van der Waals surface area contributed by atoms with Crippen LogP contribution in [0.2, 0.25) is 0 Å². The van der Waals surface area contributed by atoms with Crippen molar-refractivity contribution >= 4 is 5.84 Å². The van der Waals surface area contributed by atoms with Crippen molar-refractivity contribution in [1.82, 2.24) is 4.90 Å². The van der Waals surface area contributed by atoms with E-state index in [-0.39, 0.29) is 5.84 Å². The summed E-state index contributed by atoms with van der Waals surface area (Å²) in [5.74, 6) is 0.984. The van der Waals surface area contributed by atoms with Crippen molar-refractivity contribution in [2.24, 2.45) is 5.73 Å². The van der Waals surface area contributed by atoms with E-state index in [1.165, 1.54) is 11.1 Å². The highest BCUT2D eigenvalue weighted by Crippen LogP contribution is 2.15. The van der Waals surface area contributed by atoms with Crippen LogP contribution in [0.4, 0.5) is 0 Å². The lowest BCUT2D eigenvalue weighted by atomic mass is 10.1. The molecule has 2 aromatic carbocycles. The van der Waals surface area contributed by atoms with Gasteiger partial charge in [-0.1, -0.05) is 36.4 Å². The lowest BCUT2D eigenvalue weighted by molar-refractivity contribution is 0.318. The maximum atomic E-state index is 7.39. The third kappa shape index (κ3) is 4.33. The maximum absolute atomic E-state index is 7.39. The Morgan fingerprint density at radius 2 is 1.76 bits per heavy atom. The number of amidine groups is 1. The molecule has 0 saturated carbocycles. The average Bonchev–Trinajstić information content (AvgIpc) is 2.47. The smallest absolute Gasteiger partial charge is 0.122 e. The van der Waals surface area contributed by atoms with Crippen LogP contribution in [0, 0.1) is 5.41 Å². The summed E-state index contributed by atoms with van der Waals surface area (Å²) in [5, 5.41) is 7.39. The molecule has 0 aliphatic carbocycles. The average molecular weight is 283 g/mol. The number of hydrogen-bond acceptors (Lipinski definition) is 3. The summed E-state index contributed by atoms with van der Waals surface area (Å²) in [7, 11) is 3.76. The van der Waals surface area contributed by atoms with Crippen LogP contribution in [0.25, 0.3) is 0 Å². The minimum atomic E-state index is 0.103. The van der Waals surface area contributed by atoms with Gasteiger partial charge in [0.2, 0.25) is 0 Å². The Hall–Kier alpha value is -2.33. The molecule has 0 unspecified atom stereocenters. The van der Waals surface area contributed by atoms with Crippen LogP contribution < -0.4 is 10.5 Å². The molecular weight excluding hydrogens is 262 g/mol. The van der Waals surface area contributed by atoms with Crippen LogP contribution in [0.15, 0.2) is 48.5 Å². The zero-order chi connectivity index (χ0) is 15.2. The summed E-state index contributed by atoms with van der Waals surface area (Å²) < 4.78 is 5.24. The fourth-order valence-corrected chi connectivity index (χ4v) is 2.24. The SMILES string of the molecule is COc1cccc(CN(C)Cc2ccc(C(=N)N)cc2)c1. The summed E-state index contributed by atoms with van der Waals surface area (Å²) in [6, 6.07) is 15.9. The highest BCUT2D eigenvalue weighted by molar-refractivity contribution is 5.94. The Balaban J connectivity index is 1.97. The molecule has 0 heterocycles. The monoisotopic (exact) mass is 283 g/mol. The molecule has 2 rings (SSSR count). The summed E-state index contributed by atoms with van der Waals surface area (Å²) in [4.78, 5) is 2.23. The van der Waals surface area contributed by atoms with Crippen LogP contribution in [0.5, 0.6) is 5.75 Å². The first-order chi connectivity index (χ1) is 10.1. The summed E-state index contributed by atoms with van der Waals surface area (Å²) in [6.07, 6.45) is 0. The third-order valence-corrected chi connectivity index (χ3v) is 3.30. The zero-order valence-corrected chi connectivity index (χ0v) is 12.5. The molecule has 0 radical (unpaired) electrons. The molecule has 4 nitrogen and oxygen atoms in total. The van der Waals surface area contributed by atoms with Crippen LogP contribution in [-0.4, -0.2) is 24.9 Å². The molecule has 4 heteroatoms. The van der Waals surface area contributed by atoms with Crippen LogP contribution >= 0.6 is 0 Å². The van der Waals surface area contributed by atoms with Gasteiger partial charge in [-0.3, -0.25) is 10.3 Å². The van der Waals surface area contributed by atoms with Gasteiger partial charge < -0.3 is 10.5 Å². The Morgan fingerprint density at radius 1 is 1.10 bits per heavy atom. The number of nitrogens with two attached hydrogens (primary N) is 1. The van der Waals surface area contributed by atoms with Crippen molar-refractivity contribution < 1.29 is 4.74 Å². The van der Waals surface area contributed by atoms with E-state index < -0.39 is 0 Å². The first-order valence-corrected chi connectivity index (χ1v) is 6.83. The van der Waals surface area contributed by atoms with Crippen molar-refractivity contribution in [3.8, 4) is 5.75 Å². The molecule has 0 aliphatic heterocycles. The standard InChI is InChI=1S/C17H21N3O/c1-20(12-14-4-3-5-16(10-14)21-2)11-13-6-8-15(9-7-13)17(18)19/h3-10H,11-12H2,1-2H3,(H3,18,19). The molecule has 21 heavy (non-hydrogen) atoms. The second-order valence-corrected chi connectivity index (χ2v) is 5.13. The molecule has 0 fully saturated rings. The van der Waals surface area contributed by atoms with E-state index in [1.807, 2.05) is 36.4 Å². The van der Waals surface area contributed by atoms with Crippen LogP contribution in [0.1, 0.15) is 16.7 Å². The number of methoxy groups -OCH3 is 1. The van der Waals surface area contributed by atoms with Gasteiger partial charge in [0.15, 0.2) is 0 Å². The van der Waals surface area contributed by atoms with Gasteiger partial charge in [-0.25, -0.2) is 0 Å². The number of rotatable bonds is 6. The molecule has 0 atom stereocenters. The molecule has 0 aromatic heterocycles. The lowest BCUT2D eigenvalue weighted by Gasteiger charge is -2.17. The second-order valence-electron chi connectivity index (χ2n) is 5.13. The number of benzene rings is 2. The molecule has 0 aliphatic rings. The fourth-order valence-electron chi connectivity index (χ4n) is 2.24. The Labute approximate surface area is 125 Å². The van der Waals surface area contributed by atoms with E-state index in [4.69, 9.17) is 15.9 Å². The Kier molecular flexibility index (Phi) is 4.95. The van der Waals surface area contributed by atoms with Gasteiger partial charge in [-0.2, -0.15) is 0 Å². The second kappa shape index (κ2) is 6.90. The quantitative estimate of drug-likeness (QED) is 0.633. The Bertz CT molecular complexity index is 608. The minimum absolute atomic E-state index is 0.103. The highest BCUT2D eigenvalue weighted by atomic mass is 16.5. The van der Waals surface area contributed by atoms with Crippen molar-refractivity contribution in [2.45, 2.75) is 13.1 Å². The topological polar surface area (TPSA) is 62.3 Å². The van der Waals surface area contributed by atoms with Crippen LogP contribution in [0.3, 0.4) is 0 Å². The number of hydrogen-bond donors (Lipinski definition) is 2. The number of nitrogens with one attached hydrogen (secondary N) is 1. The Morgan fingerprint density at radius 3 is 2.38 bits per heavy atom. The summed E-state index contributed by atoms with van der Waals surface area (Å²) in [5.41, 5.74) is 8.63. The number of nitrogen functional groups attached to an aromatic ring is 1. The first-order valence-electron chi connectivity index (χ1n) is 6.83.